The van der Waals surface area contributed by atoms with Gasteiger partial charge in [-0.3, -0.25) is 9.69 Å². The Morgan fingerprint density at radius 3 is 2.58 bits per heavy atom. The standard InChI is InChI=1S/C25H22FN3O3S/c1-32-19-12-10-18(11-13-19)27-24(31)29-14-15-33-25(29)20-7-3-5-9-22(20)28(23(25)30)16-17-6-2-4-8-21(17)26/h2-13H,14-16H2,1H3,(H,27,31)/t25-/m0/s1. The van der Waals surface area contributed by atoms with Gasteiger partial charge in [0.15, 0.2) is 4.87 Å². The van der Waals surface area contributed by atoms with Gasteiger partial charge in [-0.25, -0.2) is 9.18 Å². The number of amides is 3. The van der Waals surface area contributed by atoms with Crippen LogP contribution in [0.3, 0.4) is 0 Å². The molecule has 1 atom stereocenters. The third-order valence-corrected chi connectivity index (χ3v) is 7.39. The van der Waals surface area contributed by atoms with E-state index in [1.54, 1.807) is 59.4 Å². The van der Waals surface area contributed by atoms with Crippen molar-refractivity contribution in [2.75, 3.05) is 29.6 Å². The van der Waals surface area contributed by atoms with Crippen LogP contribution in [0.4, 0.5) is 20.6 Å². The number of ether oxygens (including phenoxy) is 1. The number of rotatable bonds is 4. The van der Waals surface area contributed by atoms with Crippen LogP contribution in [-0.4, -0.2) is 36.2 Å². The van der Waals surface area contributed by atoms with Crippen molar-refractivity contribution in [1.29, 1.82) is 0 Å². The molecule has 6 nitrogen and oxygen atoms in total. The summed E-state index contributed by atoms with van der Waals surface area (Å²) in [5.74, 6) is 0.699. The third-order valence-electron chi connectivity index (χ3n) is 5.97. The predicted molar refractivity (Wildman–Crippen MR) is 127 cm³/mol. The Kier molecular flexibility index (Phi) is 5.46. The van der Waals surface area contributed by atoms with Crippen molar-refractivity contribution < 1.29 is 18.7 Å². The topological polar surface area (TPSA) is 61.9 Å². The molecule has 5 rings (SSSR count). The van der Waals surface area contributed by atoms with E-state index in [0.717, 1.165) is 5.56 Å². The first-order chi connectivity index (χ1) is 16.0. The van der Waals surface area contributed by atoms with E-state index in [0.29, 0.717) is 35.0 Å². The lowest BCUT2D eigenvalue weighted by Gasteiger charge is -2.33. The molecule has 3 aromatic rings. The zero-order valence-electron chi connectivity index (χ0n) is 18.0. The maximum Gasteiger partial charge on any atom is 0.323 e. The van der Waals surface area contributed by atoms with Gasteiger partial charge in [0.05, 0.1) is 19.3 Å². The smallest absolute Gasteiger partial charge is 0.323 e. The van der Waals surface area contributed by atoms with Crippen molar-refractivity contribution in [3.05, 3.63) is 89.7 Å². The Labute approximate surface area is 195 Å². The number of fused-ring (bicyclic) bond motifs is 2. The van der Waals surface area contributed by atoms with E-state index in [-0.39, 0.29) is 24.3 Å². The number of nitrogens with zero attached hydrogens (tertiary/aromatic N) is 2. The fourth-order valence-electron chi connectivity index (χ4n) is 4.39. The van der Waals surface area contributed by atoms with E-state index in [2.05, 4.69) is 5.32 Å². The summed E-state index contributed by atoms with van der Waals surface area (Å²) in [4.78, 5) is 29.2. The molecule has 33 heavy (non-hydrogen) atoms. The number of carbonyl (C=O) groups excluding carboxylic acids is 2. The Balaban J connectivity index is 1.48. The van der Waals surface area contributed by atoms with Crippen LogP contribution in [0.1, 0.15) is 11.1 Å². The monoisotopic (exact) mass is 463 g/mol. The number of anilines is 2. The van der Waals surface area contributed by atoms with Crippen molar-refractivity contribution in [3.8, 4) is 5.75 Å². The first-order valence-corrected chi connectivity index (χ1v) is 11.5. The van der Waals surface area contributed by atoms with Gasteiger partial charge in [0.25, 0.3) is 5.91 Å². The van der Waals surface area contributed by atoms with E-state index in [9.17, 15) is 14.0 Å². The van der Waals surface area contributed by atoms with Crippen LogP contribution in [-0.2, 0) is 16.2 Å². The lowest BCUT2D eigenvalue weighted by Crippen LogP contribution is -2.51. The molecule has 1 fully saturated rings. The van der Waals surface area contributed by atoms with Crippen LogP contribution < -0.4 is 15.0 Å². The molecule has 3 amide bonds. The maximum atomic E-state index is 14.4. The van der Waals surface area contributed by atoms with Crippen LogP contribution in [0.5, 0.6) is 5.75 Å². The highest BCUT2D eigenvalue weighted by atomic mass is 32.2. The first kappa shape index (κ1) is 21.3. The molecular formula is C25H22FN3O3S. The Morgan fingerprint density at radius 1 is 1.09 bits per heavy atom. The molecule has 0 aliphatic carbocycles. The van der Waals surface area contributed by atoms with Gasteiger partial charge < -0.3 is 15.0 Å². The summed E-state index contributed by atoms with van der Waals surface area (Å²) in [6, 6.07) is 20.5. The summed E-state index contributed by atoms with van der Waals surface area (Å²) in [6.45, 7) is 0.513. The fraction of sp³-hybridized carbons (Fsp3) is 0.200. The van der Waals surface area contributed by atoms with Crippen molar-refractivity contribution in [2.24, 2.45) is 0 Å². The number of thioether (sulfide) groups is 1. The molecule has 1 saturated heterocycles. The summed E-state index contributed by atoms with van der Waals surface area (Å²) in [5, 5.41) is 2.90. The van der Waals surface area contributed by atoms with Gasteiger partial charge in [-0.2, -0.15) is 0 Å². The minimum atomic E-state index is -1.18. The molecule has 1 spiro atoms. The summed E-state index contributed by atoms with van der Waals surface area (Å²) < 4.78 is 19.6. The van der Waals surface area contributed by atoms with Gasteiger partial charge in [0.1, 0.15) is 11.6 Å². The van der Waals surface area contributed by atoms with E-state index in [4.69, 9.17) is 4.74 Å². The number of benzene rings is 3. The average molecular weight is 464 g/mol. The molecular weight excluding hydrogens is 441 g/mol. The van der Waals surface area contributed by atoms with Gasteiger partial charge in [0.2, 0.25) is 0 Å². The van der Waals surface area contributed by atoms with Gasteiger partial charge in [-0.15, -0.1) is 11.8 Å². The highest BCUT2D eigenvalue weighted by molar-refractivity contribution is 8.01. The molecule has 168 valence electrons. The Bertz CT molecular complexity index is 1220. The molecule has 2 aliphatic rings. The molecule has 0 radical (unpaired) electrons. The van der Waals surface area contributed by atoms with Crippen LogP contribution in [0, 0.1) is 5.82 Å². The normalized spacial score (nSPS) is 19.2. The number of halogens is 1. The molecule has 0 unspecified atom stereocenters. The molecule has 0 bridgehead atoms. The van der Waals surface area contributed by atoms with Gasteiger partial charge in [0, 0.05) is 29.1 Å². The zero-order chi connectivity index (χ0) is 23.0. The second-order valence-corrected chi connectivity index (χ2v) is 9.09. The number of methoxy groups -OCH3 is 1. The highest BCUT2D eigenvalue weighted by Gasteiger charge is 2.59. The predicted octanol–water partition coefficient (Wildman–Crippen LogP) is 4.81. The average Bonchev–Trinajstić information content (AvgIpc) is 3.38. The summed E-state index contributed by atoms with van der Waals surface area (Å²) in [7, 11) is 1.58. The number of hydrogen-bond acceptors (Lipinski definition) is 4. The van der Waals surface area contributed by atoms with Crippen molar-refractivity contribution >= 4 is 35.1 Å². The largest absolute Gasteiger partial charge is 0.497 e. The Hall–Kier alpha value is -3.52. The minimum Gasteiger partial charge on any atom is -0.497 e. The number of carbonyl (C=O) groups is 2. The molecule has 2 heterocycles. The quantitative estimate of drug-likeness (QED) is 0.603. The molecule has 0 saturated carbocycles. The number of nitrogens with one attached hydrogen (secondary N) is 1. The van der Waals surface area contributed by atoms with Crippen LogP contribution in [0.2, 0.25) is 0 Å². The van der Waals surface area contributed by atoms with Crippen LogP contribution in [0.15, 0.2) is 72.8 Å². The second-order valence-electron chi connectivity index (χ2n) is 7.80. The number of para-hydroxylation sites is 1. The van der Waals surface area contributed by atoms with Crippen molar-refractivity contribution in [1.82, 2.24) is 4.90 Å². The zero-order valence-corrected chi connectivity index (χ0v) is 18.8. The van der Waals surface area contributed by atoms with Gasteiger partial charge in [-0.05, 0) is 36.4 Å². The number of hydrogen-bond donors (Lipinski definition) is 1. The first-order valence-electron chi connectivity index (χ1n) is 10.6. The summed E-state index contributed by atoms with van der Waals surface area (Å²) in [5.41, 5.74) is 2.48. The van der Waals surface area contributed by atoms with Crippen LogP contribution >= 0.6 is 11.8 Å². The number of urea groups is 1. The van der Waals surface area contributed by atoms with Gasteiger partial charge in [-0.1, -0.05) is 36.4 Å². The molecule has 0 aromatic heterocycles. The van der Waals surface area contributed by atoms with Crippen LogP contribution in [0.25, 0.3) is 0 Å². The molecule has 8 heteroatoms. The van der Waals surface area contributed by atoms with E-state index in [1.165, 1.54) is 17.8 Å². The summed E-state index contributed by atoms with van der Waals surface area (Å²) >= 11 is 1.43. The van der Waals surface area contributed by atoms with Gasteiger partial charge >= 0.3 is 6.03 Å². The lowest BCUT2D eigenvalue weighted by atomic mass is 10.1. The summed E-state index contributed by atoms with van der Waals surface area (Å²) in [6.07, 6.45) is 0. The second kappa shape index (κ2) is 8.44. The third kappa shape index (κ3) is 3.51. The molecule has 3 aromatic carbocycles. The van der Waals surface area contributed by atoms with E-state index in [1.807, 2.05) is 24.3 Å². The molecule has 1 N–H and O–H groups in total. The minimum absolute atomic E-state index is 0.0960. The van der Waals surface area contributed by atoms with E-state index < -0.39 is 4.87 Å². The SMILES string of the molecule is COc1ccc(NC(=O)N2CCS[C@@]23C(=O)N(Cc2ccccc2F)c2ccccc23)cc1. The fourth-order valence-corrected chi connectivity index (χ4v) is 5.85. The lowest BCUT2D eigenvalue weighted by molar-refractivity contribution is -0.123. The van der Waals surface area contributed by atoms with Crippen molar-refractivity contribution in [3.63, 3.8) is 0 Å². The van der Waals surface area contributed by atoms with E-state index >= 15 is 0 Å². The highest BCUT2D eigenvalue weighted by Crippen LogP contribution is 2.54. The Morgan fingerprint density at radius 2 is 1.82 bits per heavy atom. The maximum absolute atomic E-state index is 14.4. The molecule has 2 aliphatic heterocycles. The van der Waals surface area contributed by atoms with Crippen molar-refractivity contribution in [2.45, 2.75) is 11.4 Å².